The number of nitrogens with zero attached hydrogens (tertiary/aromatic N) is 3. The van der Waals surface area contributed by atoms with Crippen molar-refractivity contribution in [2.24, 2.45) is 12.9 Å². The number of fused-ring (bicyclic) bond motifs is 1. The molecule has 0 amide bonds. The van der Waals surface area contributed by atoms with Crippen LogP contribution in [0.15, 0.2) is 27.8 Å². The Kier molecular flexibility index (Phi) is 5.42. The molecular formula is C15H16Cl2N6O4. The Bertz CT molecular complexity index is 1110. The van der Waals surface area contributed by atoms with E-state index in [1.807, 2.05) is 0 Å². The minimum absolute atomic E-state index is 0.0669. The summed E-state index contributed by atoms with van der Waals surface area (Å²) >= 11 is 11.9. The molecule has 0 bridgehead atoms. The largest absolute Gasteiger partial charge is 0.489 e. The highest BCUT2D eigenvalue weighted by Crippen LogP contribution is 2.27. The minimum atomic E-state index is -1.03. The van der Waals surface area contributed by atoms with Crippen molar-refractivity contribution in [3.8, 4) is 5.75 Å². The van der Waals surface area contributed by atoms with E-state index in [1.54, 1.807) is 12.1 Å². The third-order valence-corrected chi connectivity index (χ3v) is 4.39. The molecule has 2 aromatic heterocycles. The number of imidazole rings is 1. The van der Waals surface area contributed by atoms with Gasteiger partial charge in [0.05, 0.1) is 11.6 Å². The lowest BCUT2D eigenvalue weighted by Crippen LogP contribution is -2.31. The lowest BCUT2D eigenvalue weighted by molar-refractivity contribution is 0.0939. The maximum Gasteiger partial charge on any atom is 0.329 e. The Morgan fingerprint density at radius 3 is 2.81 bits per heavy atom. The average molecular weight is 415 g/mol. The van der Waals surface area contributed by atoms with Gasteiger partial charge in [-0.25, -0.2) is 10.6 Å². The lowest BCUT2D eigenvalue weighted by atomic mass is 10.3. The lowest BCUT2D eigenvalue weighted by Gasteiger charge is -2.15. The van der Waals surface area contributed by atoms with Gasteiger partial charge in [0.1, 0.15) is 18.5 Å². The van der Waals surface area contributed by atoms with E-state index in [9.17, 15) is 14.7 Å². The summed E-state index contributed by atoms with van der Waals surface area (Å²) in [7, 11) is 1.46. The zero-order valence-corrected chi connectivity index (χ0v) is 15.6. The Morgan fingerprint density at radius 1 is 1.41 bits per heavy atom. The quantitative estimate of drug-likeness (QED) is 0.339. The Hall–Kier alpha value is -2.53. The van der Waals surface area contributed by atoms with Crippen LogP contribution in [0.3, 0.4) is 0 Å². The molecule has 0 saturated carbocycles. The smallest absolute Gasteiger partial charge is 0.329 e. The first-order valence-corrected chi connectivity index (χ1v) is 8.49. The van der Waals surface area contributed by atoms with Gasteiger partial charge >= 0.3 is 5.69 Å². The number of ether oxygens (including phenoxy) is 1. The van der Waals surface area contributed by atoms with E-state index in [4.69, 9.17) is 33.8 Å². The van der Waals surface area contributed by atoms with Crippen LogP contribution < -0.4 is 27.3 Å². The minimum Gasteiger partial charge on any atom is -0.489 e. The molecule has 1 atom stereocenters. The monoisotopic (exact) mass is 414 g/mol. The molecule has 2 heterocycles. The summed E-state index contributed by atoms with van der Waals surface area (Å²) in [6.07, 6.45) is -1.03. The molecule has 1 unspecified atom stereocenters. The van der Waals surface area contributed by atoms with E-state index in [1.165, 1.54) is 22.2 Å². The van der Waals surface area contributed by atoms with Gasteiger partial charge in [0.15, 0.2) is 11.2 Å². The standard InChI is InChI=1S/C15H16Cl2N6O4/c1-22-12-11(13(25)20-15(22)26)23(14(19-12)21-18)5-8(24)6-27-10-3-2-7(16)4-9(10)17/h2-4,8,24H,5-6,18H2,1H3,(H,19,21)(H,20,25,26). The van der Waals surface area contributed by atoms with Crippen LogP contribution in [0.2, 0.25) is 10.0 Å². The first-order valence-electron chi connectivity index (χ1n) is 7.74. The zero-order chi connectivity index (χ0) is 19.7. The summed E-state index contributed by atoms with van der Waals surface area (Å²) in [6, 6.07) is 4.71. The fraction of sp³-hybridized carbons (Fsp3) is 0.267. The molecule has 0 saturated heterocycles. The normalized spacial score (nSPS) is 12.3. The van der Waals surface area contributed by atoms with E-state index >= 15 is 0 Å². The fourth-order valence-corrected chi connectivity index (χ4v) is 3.03. The van der Waals surface area contributed by atoms with Gasteiger partial charge < -0.3 is 14.4 Å². The second kappa shape index (κ2) is 7.61. The SMILES string of the molecule is Cn1c(=O)[nH]c(=O)c2c1nc(NN)n2CC(O)COc1ccc(Cl)cc1Cl. The summed E-state index contributed by atoms with van der Waals surface area (Å²) in [5.41, 5.74) is 1.32. The van der Waals surface area contributed by atoms with Crippen molar-refractivity contribution in [1.82, 2.24) is 19.1 Å². The van der Waals surface area contributed by atoms with Crippen molar-refractivity contribution in [2.45, 2.75) is 12.6 Å². The number of anilines is 1. The third-order valence-electron chi connectivity index (χ3n) is 3.85. The second-order valence-corrected chi connectivity index (χ2v) is 6.56. The summed E-state index contributed by atoms with van der Waals surface area (Å²) in [5, 5.41) is 11.1. The van der Waals surface area contributed by atoms with Gasteiger partial charge in [-0.2, -0.15) is 4.98 Å². The number of aromatic amines is 1. The van der Waals surface area contributed by atoms with Crippen LogP contribution in [0.5, 0.6) is 5.75 Å². The number of hydrazine groups is 1. The van der Waals surface area contributed by atoms with Crippen LogP contribution in [0, 0.1) is 0 Å². The first-order chi connectivity index (χ1) is 12.8. The Balaban J connectivity index is 1.86. The van der Waals surface area contributed by atoms with Gasteiger partial charge in [0.25, 0.3) is 5.56 Å². The number of rotatable bonds is 6. The summed E-state index contributed by atoms with van der Waals surface area (Å²) in [6.45, 7) is -0.183. The molecule has 0 aliphatic heterocycles. The highest BCUT2D eigenvalue weighted by Gasteiger charge is 2.19. The first kappa shape index (κ1) is 19.2. The van der Waals surface area contributed by atoms with Gasteiger partial charge in [-0.1, -0.05) is 23.2 Å². The number of benzene rings is 1. The maximum absolute atomic E-state index is 12.2. The van der Waals surface area contributed by atoms with E-state index in [-0.39, 0.29) is 30.3 Å². The molecule has 3 rings (SSSR count). The van der Waals surface area contributed by atoms with Crippen molar-refractivity contribution >= 4 is 40.3 Å². The third kappa shape index (κ3) is 3.78. The maximum atomic E-state index is 12.2. The highest BCUT2D eigenvalue weighted by molar-refractivity contribution is 6.35. The van der Waals surface area contributed by atoms with Crippen LogP contribution in [0.1, 0.15) is 0 Å². The van der Waals surface area contributed by atoms with Crippen LogP contribution in [-0.4, -0.2) is 36.9 Å². The molecule has 0 radical (unpaired) electrons. The van der Waals surface area contributed by atoms with Gasteiger partial charge in [-0.15, -0.1) is 0 Å². The van der Waals surface area contributed by atoms with Crippen molar-refractivity contribution in [3.05, 3.63) is 49.1 Å². The van der Waals surface area contributed by atoms with E-state index in [2.05, 4.69) is 15.4 Å². The van der Waals surface area contributed by atoms with Gasteiger partial charge in [0, 0.05) is 12.1 Å². The van der Waals surface area contributed by atoms with Gasteiger partial charge in [0.2, 0.25) is 5.95 Å². The number of hydrogen-bond acceptors (Lipinski definition) is 7. The molecule has 144 valence electrons. The molecule has 1 aromatic carbocycles. The number of aliphatic hydroxyl groups is 1. The molecule has 0 aliphatic carbocycles. The number of aliphatic hydroxyl groups excluding tert-OH is 1. The van der Waals surface area contributed by atoms with E-state index < -0.39 is 17.4 Å². The van der Waals surface area contributed by atoms with E-state index in [0.717, 1.165) is 0 Å². The van der Waals surface area contributed by atoms with Gasteiger partial charge in [-0.3, -0.25) is 19.8 Å². The molecule has 10 nitrogen and oxygen atoms in total. The summed E-state index contributed by atoms with van der Waals surface area (Å²) in [5.74, 6) is 5.92. The predicted molar refractivity (Wildman–Crippen MR) is 101 cm³/mol. The van der Waals surface area contributed by atoms with Crippen molar-refractivity contribution in [2.75, 3.05) is 12.0 Å². The van der Waals surface area contributed by atoms with Crippen LogP contribution in [0.4, 0.5) is 5.95 Å². The van der Waals surface area contributed by atoms with Crippen molar-refractivity contribution in [1.29, 1.82) is 0 Å². The summed E-state index contributed by atoms with van der Waals surface area (Å²) in [4.78, 5) is 30.2. The highest BCUT2D eigenvalue weighted by atomic mass is 35.5. The molecule has 5 N–H and O–H groups in total. The number of aryl methyl sites for hydroxylation is 1. The zero-order valence-electron chi connectivity index (χ0n) is 14.1. The number of nitrogens with one attached hydrogen (secondary N) is 2. The van der Waals surface area contributed by atoms with Crippen molar-refractivity contribution < 1.29 is 9.84 Å². The number of nitrogen functional groups attached to an aromatic ring is 1. The Morgan fingerprint density at radius 2 is 2.15 bits per heavy atom. The number of hydrogen-bond donors (Lipinski definition) is 4. The van der Waals surface area contributed by atoms with E-state index in [0.29, 0.717) is 15.8 Å². The van der Waals surface area contributed by atoms with Crippen molar-refractivity contribution in [3.63, 3.8) is 0 Å². The van der Waals surface area contributed by atoms with Gasteiger partial charge in [-0.05, 0) is 18.2 Å². The predicted octanol–water partition coefficient (Wildman–Crippen LogP) is 0.456. The molecule has 0 fully saturated rings. The molecule has 3 aromatic rings. The number of halogens is 2. The Labute approximate surface area is 162 Å². The fourth-order valence-electron chi connectivity index (χ4n) is 2.56. The summed E-state index contributed by atoms with van der Waals surface area (Å²) < 4.78 is 8.03. The number of H-pyrrole nitrogens is 1. The average Bonchev–Trinajstić information content (AvgIpc) is 2.98. The molecule has 12 heteroatoms. The number of nitrogens with two attached hydrogens (primary N) is 1. The van der Waals surface area contributed by atoms with Crippen LogP contribution >= 0.6 is 23.2 Å². The number of aromatic nitrogens is 4. The second-order valence-electron chi connectivity index (χ2n) is 5.72. The van der Waals surface area contributed by atoms with Crippen LogP contribution in [-0.2, 0) is 13.6 Å². The molecule has 0 spiro atoms. The molecular weight excluding hydrogens is 399 g/mol. The molecule has 0 aliphatic rings. The topological polar surface area (TPSA) is 140 Å². The molecule has 27 heavy (non-hydrogen) atoms. The van der Waals surface area contributed by atoms with Crippen LogP contribution in [0.25, 0.3) is 11.2 Å².